The van der Waals surface area contributed by atoms with Crippen molar-refractivity contribution in [1.82, 2.24) is 9.97 Å². The largest absolute Gasteiger partial charge is 0.419 e. The van der Waals surface area contributed by atoms with E-state index in [-0.39, 0.29) is 23.8 Å². The van der Waals surface area contributed by atoms with Gasteiger partial charge >= 0.3 is 30.9 Å². The maximum absolute atomic E-state index is 14.9. The fourth-order valence-electron chi connectivity index (χ4n) is 5.42. The van der Waals surface area contributed by atoms with Crippen molar-refractivity contribution in [3.05, 3.63) is 80.5 Å². The van der Waals surface area contributed by atoms with E-state index < -0.39 is 114 Å². The van der Waals surface area contributed by atoms with Crippen LogP contribution < -0.4 is 10.7 Å². The summed E-state index contributed by atoms with van der Waals surface area (Å²) < 4.78 is 212. The van der Waals surface area contributed by atoms with E-state index in [0.29, 0.717) is 12.1 Å². The normalized spacial score (nSPS) is 14.1. The second kappa shape index (κ2) is 11.7. The molecule has 0 aliphatic rings. The first kappa shape index (κ1) is 36.5. The quantitative estimate of drug-likeness (QED) is 0.133. The van der Waals surface area contributed by atoms with Crippen LogP contribution in [0.25, 0.3) is 44.3 Å². The lowest BCUT2D eigenvalue weighted by Crippen LogP contribution is -2.17. The van der Waals surface area contributed by atoms with E-state index in [4.69, 9.17) is 0 Å². The highest BCUT2D eigenvalue weighted by Crippen LogP contribution is 2.47. The van der Waals surface area contributed by atoms with Gasteiger partial charge in [0.1, 0.15) is 10.7 Å². The molecule has 6 nitrogen and oxygen atoms in total. The number of fused-ring (bicyclic) bond motifs is 2. The van der Waals surface area contributed by atoms with Gasteiger partial charge in [-0.3, -0.25) is 0 Å². The van der Waals surface area contributed by atoms with E-state index in [1.165, 1.54) is 0 Å². The van der Waals surface area contributed by atoms with Gasteiger partial charge in [-0.05, 0) is 48.9 Å². The molecule has 0 atom stereocenters. The van der Waals surface area contributed by atoms with Crippen molar-refractivity contribution in [1.29, 1.82) is 10.5 Å². The van der Waals surface area contributed by atoms with Crippen LogP contribution in [0, 0.1) is 29.8 Å². The first-order valence-electron chi connectivity index (χ1n) is 13.3. The van der Waals surface area contributed by atoms with Crippen LogP contribution in [0.5, 0.6) is 0 Å². The molecule has 0 fully saturated rings. The summed E-state index contributed by atoms with van der Waals surface area (Å²) in [6.07, 6.45) is -25.9. The van der Waals surface area contributed by atoms with Crippen LogP contribution in [0.4, 0.5) is 65.9 Å². The van der Waals surface area contributed by atoms with Gasteiger partial charge in [-0.1, -0.05) is 0 Å². The Morgan fingerprint density at radius 3 is 1.14 bits per heavy atom. The number of nitrogens with zero attached hydrogens (tertiary/aromatic N) is 6. The highest BCUT2D eigenvalue weighted by atomic mass is 19.4. The molecule has 0 saturated carbocycles. The minimum Gasteiger partial charge on any atom is -0.245 e. The Bertz CT molecular complexity index is 2400. The van der Waals surface area contributed by atoms with Crippen molar-refractivity contribution in [2.24, 2.45) is 9.98 Å². The van der Waals surface area contributed by atoms with Gasteiger partial charge in [-0.2, -0.15) is 86.4 Å². The summed E-state index contributed by atoms with van der Waals surface area (Å²) in [5.41, 5.74) is -18.3. The topological polar surface area (TPSA) is 98.1 Å². The smallest absolute Gasteiger partial charge is 0.245 e. The van der Waals surface area contributed by atoms with Crippen LogP contribution in [0.3, 0.4) is 0 Å². The second-order valence-corrected chi connectivity index (χ2v) is 10.6. The van der Waals surface area contributed by atoms with Crippen molar-refractivity contribution in [2.75, 3.05) is 0 Å². The number of alkyl halides is 15. The fourth-order valence-corrected chi connectivity index (χ4v) is 5.42. The van der Waals surface area contributed by atoms with Gasteiger partial charge in [-0.25, -0.2) is 9.97 Å². The molecule has 0 amide bonds. The SMILES string of the molecule is Cc1cc(-c2nc3c(C(F)(F)F)c4c(=NC#N)c(-c5cc(C(F)(F)F)cc(C(F)(F)F)c5)nc4c(C(F)(F)F)c3c2=NC#N)cc(C(F)(F)F)c1. The predicted molar refractivity (Wildman–Crippen MR) is 142 cm³/mol. The van der Waals surface area contributed by atoms with Crippen LogP contribution in [0.15, 0.2) is 46.4 Å². The second-order valence-electron chi connectivity index (χ2n) is 10.6. The van der Waals surface area contributed by atoms with E-state index >= 15 is 0 Å². The van der Waals surface area contributed by atoms with Crippen LogP contribution in [-0.4, -0.2) is 9.97 Å². The molecule has 3 aromatic carbocycles. The van der Waals surface area contributed by atoms with Crippen LogP contribution >= 0.6 is 0 Å². The van der Waals surface area contributed by atoms with E-state index in [1.807, 2.05) is 0 Å². The molecule has 2 aromatic heterocycles. The van der Waals surface area contributed by atoms with E-state index in [9.17, 15) is 76.4 Å². The average Bonchev–Trinajstić information content (AvgIpc) is 3.51. The Labute approximate surface area is 271 Å². The van der Waals surface area contributed by atoms with Gasteiger partial charge in [0.25, 0.3) is 0 Å². The van der Waals surface area contributed by atoms with Crippen LogP contribution in [0.2, 0.25) is 0 Å². The minimum absolute atomic E-state index is 0.0736. The van der Waals surface area contributed by atoms with E-state index in [2.05, 4.69) is 20.0 Å². The van der Waals surface area contributed by atoms with Gasteiger partial charge in [-0.15, -0.1) is 0 Å². The maximum Gasteiger partial charge on any atom is 0.419 e. The average molecular weight is 738 g/mol. The maximum atomic E-state index is 14.9. The van der Waals surface area contributed by atoms with E-state index in [0.717, 1.165) is 25.4 Å². The van der Waals surface area contributed by atoms with Crippen molar-refractivity contribution < 1.29 is 65.9 Å². The molecule has 0 aliphatic carbocycles. The molecule has 0 unspecified atom stereocenters. The molecule has 264 valence electrons. The van der Waals surface area contributed by atoms with Gasteiger partial charge in [0.2, 0.25) is 12.4 Å². The number of hydrogen-bond donors (Lipinski definition) is 0. The number of aromatic nitrogens is 2. The zero-order valence-corrected chi connectivity index (χ0v) is 24.3. The molecule has 51 heavy (non-hydrogen) atoms. The van der Waals surface area contributed by atoms with Crippen molar-refractivity contribution in [3.8, 4) is 34.9 Å². The number of halogens is 15. The fraction of sp³-hybridized carbons (Fsp3) is 0.200. The van der Waals surface area contributed by atoms with Gasteiger partial charge < -0.3 is 0 Å². The lowest BCUT2D eigenvalue weighted by molar-refractivity contribution is -0.143. The summed E-state index contributed by atoms with van der Waals surface area (Å²) in [4.78, 5) is 13.1. The Morgan fingerprint density at radius 2 is 0.824 bits per heavy atom. The molecule has 5 rings (SSSR count). The molecule has 0 radical (unpaired) electrons. The molecular weight excluding hydrogens is 729 g/mol. The Hall–Kier alpha value is -5.73. The van der Waals surface area contributed by atoms with Gasteiger partial charge in [0, 0.05) is 21.9 Å². The summed E-state index contributed by atoms with van der Waals surface area (Å²) in [5.74, 6) is 0. The zero-order chi connectivity index (χ0) is 38.2. The first-order chi connectivity index (χ1) is 23.3. The number of benzene rings is 3. The molecule has 0 saturated heterocycles. The third-order valence-electron chi connectivity index (χ3n) is 7.25. The van der Waals surface area contributed by atoms with Crippen molar-refractivity contribution in [3.63, 3.8) is 0 Å². The third-order valence-corrected chi connectivity index (χ3v) is 7.25. The predicted octanol–water partition coefficient (Wildman–Crippen LogP) is 9.16. The monoisotopic (exact) mass is 738 g/mol. The molecule has 21 heteroatoms. The summed E-state index contributed by atoms with van der Waals surface area (Å²) in [7, 11) is 0. The number of aryl methyl sites for hydroxylation is 1. The molecule has 0 aliphatic heterocycles. The lowest BCUT2D eigenvalue weighted by Gasteiger charge is -2.14. The van der Waals surface area contributed by atoms with Crippen LogP contribution in [0.1, 0.15) is 33.4 Å². The Morgan fingerprint density at radius 1 is 0.490 bits per heavy atom. The molecule has 2 heterocycles. The Balaban J connectivity index is 2.11. The highest BCUT2D eigenvalue weighted by Gasteiger charge is 2.46. The zero-order valence-electron chi connectivity index (χ0n) is 24.3. The number of hydrogen-bond acceptors (Lipinski definition) is 6. The summed E-state index contributed by atoms with van der Waals surface area (Å²) in [6.45, 7) is 1.10. The standard InChI is InChI=1S/C30H9F15N6/c1-10-2-11(4-13(3-10)26(31,32)33)20-24(48-8-46)16-18(29(40,41)42)23-17(19(22(16)50-20)30(43,44)45)25(49-9-47)21(51-23)12-5-14(27(34,35)36)7-15(6-12)28(37,38)39/h2-7H,1H3. The molecular formula is C30H9F15N6. The number of nitriles is 2. The van der Waals surface area contributed by atoms with Crippen LogP contribution in [-0.2, 0) is 30.9 Å². The molecule has 0 N–H and O–H groups in total. The third kappa shape index (κ3) is 6.51. The summed E-state index contributed by atoms with van der Waals surface area (Å²) >= 11 is 0. The summed E-state index contributed by atoms with van der Waals surface area (Å²) in [5, 5.41) is 12.3. The minimum atomic E-state index is -5.84. The van der Waals surface area contributed by atoms with Crippen molar-refractivity contribution >= 4 is 21.8 Å². The van der Waals surface area contributed by atoms with Crippen molar-refractivity contribution in [2.45, 2.75) is 37.8 Å². The summed E-state index contributed by atoms with van der Waals surface area (Å²) in [6, 6.07) is 1.24. The van der Waals surface area contributed by atoms with Gasteiger partial charge in [0.05, 0.1) is 50.2 Å². The first-order valence-corrected chi connectivity index (χ1v) is 13.3. The van der Waals surface area contributed by atoms with Gasteiger partial charge in [0.15, 0.2) is 0 Å². The molecule has 0 spiro atoms. The van der Waals surface area contributed by atoms with E-state index in [1.54, 1.807) is 0 Å². The molecule has 0 bridgehead atoms. The Kier molecular flexibility index (Phi) is 8.36. The highest BCUT2D eigenvalue weighted by molar-refractivity contribution is 6.07. The number of rotatable bonds is 2. The molecule has 5 aromatic rings. The lowest BCUT2D eigenvalue weighted by atomic mass is 9.97.